The van der Waals surface area contributed by atoms with Crippen molar-refractivity contribution in [3.05, 3.63) is 93.2 Å². The van der Waals surface area contributed by atoms with E-state index < -0.39 is 15.6 Å². The van der Waals surface area contributed by atoms with Crippen molar-refractivity contribution in [3.8, 4) is 17.6 Å². The van der Waals surface area contributed by atoms with Crippen LogP contribution in [0.15, 0.2) is 59.7 Å². The zero-order valence-electron chi connectivity index (χ0n) is 16.3. The second-order valence-electron chi connectivity index (χ2n) is 6.76. The molecule has 0 aliphatic rings. The minimum Gasteiger partial charge on any atom is -0.502 e. The molecular weight excluding hydrogens is 402 g/mol. The fourth-order valence-electron chi connectivity index (χ4n) is 2.69. The Kier molecular flexibility index (Phi) is 6.67. The summed E-state index contributed by atoms with van der Waals surface area (Å²) >= 11 is 0. The SMILES string of the molecule is CS(=O)(=O)NCc1ccc(C#Cc2ccc(CCc3nc[nH]c(=O)c3O)cc2)cc1. The van der Waals surface area contributed by atoms with E-state index in [1.807, 2.05) is 48.5 Å². The highest BCUT2D eigenvalue weighted by Gasteiger charge is 2.06. The van der Waals surface area contributed by atoms with E-state index >= 15 is 0 Å². The molecule has 0 amide bonds. The molecular formula is C22H21N3O4S. The van der Waals surface area contributed by atoms with Gasteiger partial charge in [-0.25, -0.2) is 18.1 Å². The first-order chi connectivity index (χ1) is 14.3. The molecule has 0 saturated carbocycles. The van der Waals surface area contributed by atoms with Crippen LogP contribution in [0.3, 0.4) is 0 Å². The molecule has 1 heterocycles. The highest BCUT2D eigenvalue weighted by Crippen LogP contribution is 2.12. The maximum absolute atomic E-state index is 11.4. The Morgan fingerprint density at radius 2 is 1.53 bits per heavy atom. The lowest BCUT2D eigenvalue weighted by molar-refractivity contribution is 0.454. The van der Waals surface area contributed by atoms with Crippen LogP contribution in [0, 0.1) is 11.8 Å². The summed E-state index contributed by atoms with van der Waals surface area (Å²) in [5.74, 6) is 5.84. The molecule has 7 nitrogen and oxygen atoms in total. The lowest BCUT2D eigenvalue weighted by atomic mass is 10.1. The van der Waals surface area contributed by atoms with Gasteiger partial charge in [0.1, 0.15) is 0 Å². The van der Waals surface area contributed by atoms with Gasteiger partial charge in [-0.05, 0) is 48.2 Å². The predicted octanol–water partition coefficient (Wildman–Crippen LogP) is 1.71. The molecule has 30 heavy (non-hydrogen) atoms. The molecule has 0 unspecified atom stereocenters. The summed E-state index contributed by atoms with van der Waals surface area (Å²) in [7, 11) is -3.22. The van der Waals surface area contributed by atoms with Crippen molar-refractivity contribution in [1.29, 1.82) is 0 Å². The smallest absolute Gasteiger partial charge is 0.293 e. The normalized spacial score (nSPS) is 11.0. The number of aromatic amines is 1. The molecule has 0 radical (unpaired) electrons. The van der Waals surface area contributed by atoms with Gasteiger partial charge in [-0.1, -0.05) is 36.1 Å². The van der Waals surface area contributed by atoms with Crippen molar-refractivity contribution in [2.45, 2.75) is 19.4 Å². The number of aromatic nitrogens is 2. The molecule has 3 N–H and O–H groups in total. The van der Waals surface area contributed by atoms with Gasteiger partial charge in [0.05, 0.1) is 18.3 Å². The quantitative estimate of drug-likeness (QED) is 0.523. The zero-order chi connectivity index (χ0) is 21.6. The van der Waals surface area contributed by atoms with Crippen LogP contribution in [0.5, 0.6) is 5.75 Å². The van der Waals surface area contributed by atoms with Gasteiger partial charge in [-0.3, -0.25) is 4.79 Å². The molecule has 0 spiro atoms. The van der Waals surface area contributed by atoms with E-state index in [-0.39, 0.29) is 12.3 Å². The van der Waals surface area contributed by atoms with E-state index in [9.17, 15) is 18.3 Å². The molecule has 8 heteroatoms. The Balaban J connectivity index is 1.59. The molecule has 0 atom stereocenters. The average molecular weight is 423 g/mol. The number of hydrogen-bond acceptors (Lipinski definition) is 5. The van der Waals surface area contributed by atoms with Gasteiger partial charge in [0.25, 0.3) is 5.56 Å². The number of nitrogens with one attached hydrogen (secondary N) is 2. The first-order valence-electron chi connectivity index (χ1n) is 9.20. The third kappa shape index (κ3) is 6.30. The van der Waals surface area contributed by atoms with Crippen LogP contribution in [-0.2, 0) is 29.4 Å². The van der Waals surface area contributed by atoms with Crippen LogP contribution < -0.4 is 10.3 Å². The number of aryl methyl sites for hydroxylation is 2. The van der Waals surface area contributed by atoms with Crippen molar-refractivity contribution in [2.24, 2.45) is 0 Å². The van der Waals surface area contributed by atoms with Crippen molar-refractivity contribution in [3.63, 3.8) is 0 Å². The third-order valence-corrected chi connectivity index (χ3v) is 5.02. The Labute approximate surface area is 174 Å². The summed E-state index contributed by atoms with van der Waals surface area (Å²) in [6.07, 6.45) is 3.51. The minimum absolute atomic E-state index is 0.249. The number of sulfonamides is 1. The van der Waals surface area contributed by atoms with Gasteiger partial charge in [0, 0.05) is 17.7 Å². The van der Waals surface area contributed by atoms with E-state index in [4.69, 9.17) is 0 Å². The lowest BCUT2D eigenvalue weighted by Crippen LogP contribution is -2.21. The first kappa shape index (κ1) is 21.3. The fourth-order valence-corrected chi connectivity index (χ4v) is 3.12. The largest absolute Gasteiger partial charge is 0.502 e. The van der Waals surface area contributed by atoms with Crippen molar-refractivity contribution < 1.29 is 13.5 Å². The van der Waals surface area contributed by atoms with Crippen molar-refractivity contribution in [1.82, 2.24) is 14.7 Å². The third-order valence-electron chi connectivity index (χ3n) is 4.35. The number of H-pyrrole nitrogens is 1. The Hall–Kier alpha value is -3.41. The van der Waals surface area contributed by atoms with Crippen LogP contribution in [0.2, 0.25) is 0 Å². The summed E-state index contributed by atoms with van der Waals surface area (Å²) in [4.78, 5) is 17.7. The highest BCUT2D eigenvalue weighted by molar-refractivity contribution is 7.88. The minimum atomic E-state index is -3.22. The molecule has 1 aromatic heterocycles. The van der Waals surface area contributed by atoms with E-state index in [0.717, 1.165) is 28.5 Å². The zero-order valence-corrected chi connectivity index (χ0v) is 17.2. The van der Waals surface area contributed by atoms with Crippen LogP contribution >= 0.6 is 0 Å². The predicted molar refractivity (Wildman–Crippen MR) is 114 cm³/mol. The molecule has 2 aromatic carbocycles. The van der Waals surface area contributed by atoms with Crippen LogP contribution in [-0.4, -0.2) is 29.7 Å². The summed E-state index contributed by atoms with van der Waals surface area (Å²) in [6, 6.07) is 15.1. The monoisotopic (exact) mass is 423 g/mol. The number of hydrogen-bond donors (Lipinski definition) is 3. The molecule has 0 aliphatic heterocycles. The first-order valence-corrected chi connectivity index (χ1v) is 11.1. The molecule has 0 aliphatic carbocycles. The number of nitrogens with zero attached hydrogens (tertiary/aromatic N) is 1. The number of aromatic hydroxyl groups is 1. The molecule has 3 aromatic rings. The molecule has 154 valence electrons. The van der Waals surface area contributed by atoms with E-state index in [0.29, 0.717) is 18.5 Å². The van der Waals surface area contributed by atoms with Crippen LogP contribution in [0.25, 0.3) is 0 Å². The Morgan fingerprint density at radius 3 is 2.10 bits per heavy atom. The van der Waals surface area contributed by atoms with Crippen molar-refractivity contribution in [2.75, 3.05) is 6.26 Å². The van der Waals surface area contributed by atoms with Gasteiger partial charge < -0.3 is 10.1 Å². The number of rotatable bonds is 6. The van der Waals surface area contributed by atoms with Crippen LogP contribution in [0.1, 0.15) is 27.9 Å². The highest BCUT2D eigenvalue weighted by atomic mass is 32.2. The molecule has 0 bridgehead atoms. The maximum Gasteiger partial charge on any atom is 0.293 e. The average Bonchev–Trinajstić information content (AvgIpc) is 2.73. The van der Waals surface area contributed by atoms with Gasteiger partial charge in [-0.2, -0.15) is 0 Å². The van der Waals surface area contributed by atoms with Gasteiger partial charge in [-0.15, -0.1) is 0 Å². The number of benzene rings is 2. The summed E-state index contributed by atoms with van der Waals surface area (Å²) in [5.41, 5.74) is 3.43. The van der Waals surface area contributed by atoms with Crippen molar-refractivity contribution >= 4 is 10.0 Å². The lowest BCUT2D eigenvalue weighted by Gasteiger charge is -2.03. The van der Waals surface area contributed by atoms with E-state index in [2.05, 4.69) is 26.5 Å². The summed E-state index contributed by atoms with van der Waals surface area (Å²) < 4.78 is 24.7. The molecule has 3 rings (SSSR count). The van der Waals surface area contributed by atoms with Crippen LogP contribution in [0.4, 0.5) is 0 Å². The van der Waals surface area contributed by atoms with Gasteiger partial charge in [0.15, 0.2) is 0 Å². The molecule has 0 saturated heterocycles. The second-order valence-corrected chi connectivity index (χ2v) is 8.60. The summed E-state index contributed by atoms with van der Waals surface area (Å²) in [5, 5.41) is 9.73. The fraction of sp³-hybridized carbons (Fsp3) is 0.182. The van der Waals surface area contributed by atoms with Gasteiger partial charge in [0.2, 0.25) is 15.8 Å². The van der Waals surface area contributed by atoms with Gasteiger partial charge >= 0.3 is 0 Å². The van der Waals surface area contributed by atoms with E-state index in [1.165, 1.54) is 6.33 Å². The Bertz CT molecular complexity index is 1240. The van der Waals surface area contributed by atoms with E-state index in [1.54, 1.807) is 0 Å². The maximum atomic E-state index is 11.4. The topological polar surface area (TPSA) is 112 Å². The standard InChI is InChI=1S/C22H21N3O4S/c1-30(28,29)25-14-19-10-8-17(9-11-19)3-2-16-4-6-18(7-5-16)12-13-20-21(26)22(27)24-15-23-20/h4-11,15,25-26H,12-14H2,1H3,(H,23,24,27). The summed E-state index contributed by atoms with van der Waals surface area (Å²) in [6.45, 7) is 0.249. The Morgan fingerprint density at radius 1 is 0.967 bits per heavy atom. The molecule has 0 fully saturated rings. The second kappa shape index (κ2) is 9.39.